The van der Waals surface area contributed by atoms with Crippen molar-refractivity contribution in [2.45, 2.75) is 20.0 Å². The molecule has 1 unspecified atom stereocenters. The summed E-state index contributed by atoms with van der Waals surface area (Å²) < 4.78 is 21.9. The van der Waals surface area contributed by atoms with Crippen molar-refractivity contribution in [2.24, 2.45) is 0 Å². The van der Waals surface area contributed by atoms with Gasteiger partial charge in [0.1, 0.15) is 23.4 Å². The van der Waals surface area contributed by atoms with E-state index in [1.165, 1.54) is 0 Å². The highest BCUT2D eigenvalue weighted by atomic mass is 16.6. The van der Waals surface area contributed by atoms with Crippen LogP contribution >= 0.6 is 0 Å². The molecule has 2 aromatic carbocycles. The molecular weight excluding hydrogens is 372 g/mol. The summed E-state index contributed by atoms with van der Waals surface area (Å²) in [6.45, 7) is 3.74. The zero-order valence-corrected chi connectivity index (χ0v) is 16.1. The molecule has 0 saturated carbocycles. The Morgan fingerprint density at radius 2 is 2.00 bits per heavy atom. The van der Waals surface area contributed by atoms with Gasteiger partial charge in [0.2, 0.25) is 5.78 Å². The van der Waals surface area contributed by atoms with E-state index in [4.69, 9.17) is 18.9 Å². The number of benzene rings is 2. The van der Waals surface area contributed by atoms with Crippen molar-refractivity contribution in [1.82, 2.24) is 0 Å². The van der Waals surface area contributed by atoms with Crippen LogP contribution in [0, 0.1) is 0 Å². The van der Waals surface area contributed by atoms with Crippen LogP contribution in [0.5, 0.6) is 17.2 Å². The Bertz CT molecular complexity index is 1030. The zero-order valence-electron chi connectivity index (χ0n) is 16.1. The Hall–Kier alpha value is -3.54. The number of Topliss-reactive ketones (excluding diaryl/α,β-unsaturated/α-hetero) is 1. The molecule has 148 valence electrons. The standard InChI is InChI=1S/C23H20O6/c1-3-26-22(24)13-27-17-8-9-18-20(12-17)29-21(23(18)25)11-16-10-15-6-4-5-7-19(15)28-14(16)2/h4-12,14H,3,13H2,1-2H3. The fraction of sp³-hybridized carbons (Fsp3) is 0.217. The number of allylic oxidation sites excluding steroid dienone is 1. The number of ketones is 1. The van der Waals surface area contributed by atoms with Crippen LogP contribution in [0.4, 0.5) is 0 Å². The summed E-state index contributed by atoms with van der Waals surface area (Å²) in [7, 11) is 0. The Kier molecular flexibility index (Phi) is 5.08. The predicted octanol–water partition coefficient (Wildman–Crippen LogP) is 3.95. The van der Waals surface area contributed by atoms with Gasteiger partial charge >= 0.3 is 5.97 Å². The highest BCUT2D eigenvalue weighted by Gasteiger charge is 2.29. The summed E-state index contributed by atoms with van der Waals surface area (Å²) >= 11 is 0. The number of hydrogen-bond acceptors (Lipinski definition) is 6. The Balaban J connectivity index is 1.54. The van der Waals surface area contributed by atoms with E-state index in [9.17, 15) is 9.59 Å². The highest BCUT2D eigenvalue weighted by Crippen LogP contribution is 2.36. The maximum Gasteiger partial charge on any atom is 0.344 e. The molecule has 0 spiro atoms. The molecule has 2 aliphatic heterocycles. The molecule has 4 rings (SSSR count). The zero-order chi connectivity index (χ0) is 20.4. The SMILES string of the molecule is CCOC(=O)COc1ccc2c(c1)OC(=CC1=Cc3ccccc3OC1C)C2=O. The second-order valence-corrected chi connectivity index (χ2v) is 6.63. The molecular formula is C23H20O6. The molecule has 0 aliphatic carbocycles. The van der Waals surface area contributed by atoms with Gasteiger partial charge in [0.15, 0.2) is 12.4 Å². The predicted molar refractivity (Wildman–Crippen MR) is 106 cm³/mol. The Labute approximate surface area is 168 Å². The maximum absolute atomic E-state index is 12.7. The van der Waals surface area contributed by atoms with Crippen molar-refractivity contribution in [1.29, 1.82) is 0 Å². The van der Waals surface area contributed by atoms with Gasteiger partial charge in [-0.3, -0.25) is 4.79 Å². The monoisotopic (exact) mass is 392 g/mol. The van der Waals surface area contributed by atoms with Crippen molar-refractivity contribution in [2.75, 3.05) is 13.2 Å². The van der Waals surface area contributed by atoms with Crippen LogP contribution in [0.2, 0.25) is 0 Å². The highest BCUT2D eigenvalue weighted by molar-refractivity contribution is 6.12. The van der Waals surface area contributed by atoms with Crippen LogP contribution < -0.4 is 14.2 Å². The molecule has 0 amide bonds. The summed E-state index contributed by atoms with van der Waals surface area (Å²) in [5.41, 5.74) is 2.25. The molecule has 0 aromatic heterocycles. The van der Waals surface area contributed by atoms with E-state index in [0.29, 0.717) is 23.7 Å². The topological polar surface area (TPSA) is 71.1 Å². The van der Waals surface area contributed by atoms with Crippen molar-refractivity contribution in [3.63, 3.8) is 0 Å². The van der Waals surface area contributed by atoms with E-state index in [1.807, 2.05) is 37.3 Å². The van der Waals surface area contributed by atoms with Crippen molar-refractivity contribution >= 4 is 17.8 Å². The first kappa shape index (κ1) is 18.8. The van der Waals surface area contributed by atoms with Crippen LogP contribution in [0.25, 0.3) is 6.08 Å². The van der Waals surface area contributed by atoms with E-state index < -0.39 is 5.97 Å². The number of carbonyl (C=O) groups excluding carboxylic acids is 2. The van der Waals surface area contributed by atoms with Gasteiger partial charge in [0, 0.05) is 11.6 Å². The van der Waals surface area contributed by atoms with Gasteiger partial charge in [0.25, 0.3) is 0 Å². The lowest BCUT2D eigenvalue weighted by Crippen LogP contribution is -2.18. The van der Waals surface area contributed by atoms with E-state index in [1.54, 1.807) is 31.2 Å². The molecule has 0 saturated heterocycles. The summed E-state index contributed by atoms with van der Waals surface area (Å²) in [5.74, 6) is 1.20. The number of carbonyl (C=O) groups is 2. The first-order valence-corrected chi connectivity index (χ1v) is 9.39. The van der Waals surface area contributed by atoms with Crippen molar-refractivity contribution < 1.29 is 28.5 Å². The number of ether oxygens (including phenoxy) is 4. The second-order valence-electron chi connectivity index (χ2n) is 6.63. The maximum atomic E-state index is 12.7. The summed E-state index contributed by atoms with van der Waals surface area (Å²) in [4.78, 5) is 24.1. The summed E-state index contributed by atoms with van der Waals surface area (Å²) in [5, 5.41) is 0. The molecule has 0 N–H and O–H groups in total. The molecule has 29 heavy (non-hydrogen) atoms. The molecule has 6 nitrogen and oxygen atoms in total. The van der Waals surface area contributed by atoms with E-state index in [-0.39, 0.29) is 24.3 Å². The normalized spacial score (nSPS) is 18.3. The minimum atomic E-state index is -0.455. The number of hydrogen-bond donors (Lipinski definition) is 0. The van der Waals surface area contributed by atoms with E-state index in [2.05, 4.69) is 0 Å². The molecule has 2 aliphatic rings. The summed E-state index contributed by atoms with van der Waals surface area (Å²) in [6, 6.07) is 12.6. The van der Waals surface area contributed by atoms with Crippen LogP contribution in [0.3, 0.4) is 0 Å². The third-order valence-corrected chi connectivity index (χ3v) is 4.62. The smallest absolute Gasteiger partial charge is 0.344 e. The Morgan fingerprint density at radius 1 is 1.17 bits per heavy atom. The molecule has 0 bridgehead atoms. The largest absolute Gasteiger partial charge is 0.485 e. The first-order valence-electron chi connectivity index (χ1n) is 9.39. The average Bonchev–Trinajstić information content (AvgIpc) is 3.02. The number of fused-ring (bicyclic) bond motifs is 2. The third kappa shape index (κ3) is 3.87. The third-order valence-electron chi connectivity index (χ3n) is 4.62. The fourth-order valence-electron chi connectivity index (χ4n) is 3.17. The Morgan fingerprint density at radius 3 is 2.83 bits per heavy atom. The minimum absolute atomic E-state index is 0.204. The molecule has 2 heterocycles. The summed E-state index contributed by atoms with van der Waals surface area (Å²) in [6.07, 6.45) is 3.49. The van der Waals surface area contributed by atoms with Gasteiger partial charge < -0.3 is 18.9 Å². The van der Waals surface area contributed by atoms with Gasteiger partial charge in [-0.15, -0.1) is 0 Å². The van der Waals surface area contributed by atoms with Crippen molar-refractivity contribution in [3.8, 4) is 17.2 Å². The minimum Gasteiger partial charge on any atom is -0.485 e. The van der Waals surface area contributed by atoms with Gasteiger partial charge in [-0.05, 0) is 49.8 Å². The second kappa shape index (κ2) is 7.83. The van der Waals surface area contributed by atoms with Crippen molar-refractivity contribution in [3.05, 3.63) is 71.0 Å². The lowest BCUT2D eigenvalue weighted by molar-refractivity contribution is -0.145. The quantitative estimate of drug-likeness (QED) is 0.567. The fourth-order valence-corrected chi connectivity index (χ4v) is 3.17. The van der Waals surface area contributed by atoms with Crippen LogP contribution in [-0.4, -0.2) is 31.1 Å². The van der Waals surface area contributed by atoms with Gasteiger partial charge in [0.05, 0.1) is 12.2 Å². The number of para-hydroxylation sites is 1. The molecule has 6 heteroatoms. The lowest BCUT2D eigenvalue weighted by Gasteiger charge is -2.22. The molecule has 2 aromatic rings. The van der Waals surface area contributed by atoms with Gasteiger partial charge in [-0.25, -0.2) is 4.79 Å². The van der Waals surface area contributed by atoms with E-state index in [0.717, 1.165) is 16.9 Å². The number of rotatable bonds is 5. The van der Waals surface area contributed by atoms with Gasteiger partial charge in [-0.1, -0.05) is 18.2 Å². The number of esters is 1. The average molecular weight is 392 g/mol. The molecule has 0 radical (unpaired) electrons. The van der Waals surface area contributed by atoms with Crippen LogP contribution in [-0.2, 0) is 9.53 Å². The van der Waals surface area contributed by atoms with Crippen LogP contribution in [0.15, 0.2) is 59.9 Å². The van der Waals surface area contributed by atoms with Crippen LogP contribution in [0.1, 0.15) is 29.8 Å². The molecule has 0 fully saturated rings. The molecule has 1 atom stereocenters. The van der Waals surface area contributed by atoms with E-state index >= 15 is 0 Å². The van der Waals surface area contributed by atoms with Gasteiger partial charge in [-0.2, -0.15) is 0 Å². The lowest BCUT2D eigenvalue weighted by atomic mass is 10.0. The first-order chi connectivity index (χ1) is 14.0.